The molecule has 1 fully saturated rings. The second-order valence-corrected chi connectivity index (χ2v) is 5.72. The van der Waals surface area contributed by atoms with Crippen molar-refractivity contribution in [1.29, 1.82) is 0 Å². The molecule has 2 atom stereocenters. The molecular formula is C13H27NO. The Bertz CT molecular complexity index is 179. The van der Waals surface area contributed by atoms with Crippen LogP contribution >= 0.6 is 0 Å². The van der Waals surface area contributed by atoms with Gasteiger partial charge in [-0.15, -0.1) is 0 Å². The summed E-state index contributed by atoms with van der Waals surface area (Å²) in [7, 11) is 0. The number of rotatable bonds is 5. The smallest absolute Gasteiger partial charge is 0.0431 e. The number of hydrogen-bond donors (Lipinski definition) is 2. The maximum Gasteiger partial charge on any atom is 0.0431 e. The summed E-state index contributed by atoms with van der Waals surface area (Å²) in [5.74, 6) is 0. The van der Waals surface area contributed by atoms with Crippen LogP contribution in [0.3, 0.4) is 0 Å². The van der Waals surface area contributed by atoms with E-state index in [4.69, 9.17) is 5.11 Å². The molecule has 1 rings (SSSR count). The minimum Gasteiger partial charge on any atom is -0.396 e. The summed E-state index contributed by atoms with van der Waals surface area (Å²) in [5, 5.41) is 12.5. The molecule has 2 heteroatoms. The second-order valence-electron chi connectivity index (χ2n) is 5.72. The molecule has 2 N–H and O–H groups in total. The lowest BCUT2D eigenvalue weighted by Gasteiger charge is -2.40. The zero-order valence-electron chi connectivity index (χ0n) is 10.6. The first kappa shape index (κ1) is 13.0. The van der Waals surface area contributed by atoms with E-state index in [1.807, 2.05) is 0 Å². The van der Waals surface area contributed by atoms with Gasteiger partial charge in [-0.05, 0) is 38.0 Å². The molecule has 0 aromatic carbocycles. The van der Waals surface area contributed by atoms with Crippen molar-refractivity contribution in [2.45, 2.75) is 71.4 Å². The third-order valence-electron chi connectivity index (χ3n) is 3.79. The fraction of sp³-hybridized carbons (Fsp3) is 1.00. The van der Waals surface area contributed by atoms with E-state index in [1.54, 1.807) is 0 Å². The molecule has 90 valence electrons. The Morgan fingerprint density at radius 1 is 1.40 bits per heavy atom. The molecule has 0 aromatic heterocycles. The van der Waals surface area contributed by atoms with E-state index in [0.717, 1.165) is 12.8 Å². The molecule has 0 aromatic rings. The summed E-state index contributed by atoms with van der Waals surface area (Å²) in [6.45, 7) is 7.31. The first-order valence-corrected chi connectivity index (χ1v) is 6.43. The van der Waals surface area contributed by atoms with Crippen molar-refractivity contribution in [1.82, 2.24) is 5.32 Å². The SMILES string of the molecule is CC(CCCO)NC1CCCCC1(C)C. The fourth-order valence-corrected chi connectivity index (χ4v) is 2.63. The van der Waals surface area contributed by atoms with Gasteiger partial charge in [0.15, 0.2) is 0 Å². The van der Waals surface area contributed by atoms with Crippen LogP contribution in [0.4, 0.5) is 0 Å². The summed E-state index contributed by atoms with van der Waals surface area (Å²) in [6, 6.07) is 1.21. The van der Waals surface area contributed by atoms with Crippen LogP contribution in [0.2, 0.25) is 0 Å². The standard InChI is InChI=1S/C13H27NO/c1-11(7-6-10-15)14-12-8-4-5-9-13(12,2)3/h11-12,14-15H,4-10H2,1-3H3. The van der Waals surface area contributed by atoms with Crippen LogP contribution in [-0.4, -0.2) is 23.8 Å². The van der Waals surface area contributed by atoms with Gasteiger partial charge in [0.1, 0.15) is 0 Å². The second kappa shape index (κ2) is 5.86. The quantitative estimate of drug-likeness (QED) is 0.736. The monoisotopic (exact) mass is 213 g/mol. The van der Waals surface area contributed by atoms with Crippen LogP contribution < -0.4 is 5.32 Å². The van der Waals surface area contributed by atoms with E-state index >= 15 is 0 Å². The average Bonchev–Trinajstić information content (AvgIpc) is 2.18. The third-order valence-corrected chi connectivity index (χ3v) is 3.79. The van der Waals surface area contributed by atoms with Crippen LogP contribution in [0.15, 0.2) is 0 Å². The minimum atomic E-state index is 0.320. The van der Waals surface area contributed by atoms with Gasteiger partial charge in [-0.25, -0.2) is 0 Å². The van der Waals surface area contributed by atoms with E-state index < -0.39 is 0 Å². The highest BCUT2D eigenvalue weighted by Crippen LogP contribution is 2.35. The Hall–Kier alpha value is -0.0800. The van der Waals surface area contributed by atoms with Crippen molar-refractivity contribution in [2.75, 3.05) is 6.61 Å². The van der Waals surface area contributed by atoms with E-state index in [2.05, 4.69) is 26.1 Å². The molecule has 0 aliphatic heterocycles. The molecule has 0 spiro atoms. The predicted octanol–water partition coefficient (Wildman–Crippen LogP) is 2.71. The summed E-state index contributed by atoms with van der Waals surface area (Å²) >= 11 is 0. The highest BCUT2D eigenvalue weighted by molar-refractivity contribution is 4.89. The van der Waals surface area contributed by atoms with Crippen molar-refractivity contribution in [3.05, 3.63) is 0 Å². The van der Waals surface area contributed by atoms with E-state index in [9.17, 15) is 0 Å². The molecule has 0 heterocycles. The molecule has 1 saturated carbocycles. The maximum atomic E-state index is 8.80. The molecule has 15 heavy (non-hydrogen) atoms. The van der Waals surface area contributed by atoms with Crippen molar-refractivity contribution in [3.63, 3.8) is 0 Å². The lowest BCUT2D eigenvalue weighted by Crippen LogP contribution is -2.47. The van der Waals surface area contributed by atoms with Gasteiger partial charge in [-0.2, -0.15) is 0 Å². The zero-order valence-corrected chi connectivity index (χ0v) is 10.6. The molecule has 2 nitrogen and oxygen atoms in total. The Balaban J connectivity index is 2.34. The first-order valence-electron chi connectivity index (χ1n) is 6.43. The van der Waals surface area contributed by atoms with Gasteiger partial charge in [0, 0.05) is 18.7 Å². The van der Waals surface area contributed by atoms with Crippen LogP contribution in [0.25, 0.3) is 0 Å². The third kappa shape index (κ3) is 4.12. The molecule has 1 aliphatic rings. The Labute approximate surface area is 94.5 Å². The predicted molar refractivity (Wildman–Crippen MR) is 65.0 cm³/mol. The molecule has 2 unspecified atom stereocenters. The van der Waals surface area contributed by atoms with Gasteiger partial charge in [-0.3, -0.25) is 0 Å². The van der Waals surface area contributed by atoms with Gasteiger partial charge in [0.2, 0.25) is 0 Å². The van der Waals surface area contributed by atoms with E-state index in [-0.39, 0.29) is 0 Å². The number of aliphatic hydroxyl groups is 1. The largest absolute Gasteiger partial charge is 0.396 e. The lowest BCUT2D eigenvalue weighted by molar-refractivity contribution is 0.153. The normalized spacial score (nSPS) is 27.6. The highest BCUT2D eigenvalue weighted by atomic mass is 16.2. The summed E-state index contributed by atoms with van der Waals surface area (Å²) in [4.78, 5) is 0. The minimum absolute atomic E-state index is 0.320. The van der Waals surface area contributed by atoms with Crippen molar-refractivity contribution < 1.29 is 5.11 Å². The lowest BCUT2D eigenvalue weighted by atomic mass is 9.73. The van der Waals surface area contributed by atoms with Crippen molar-refractivity contribution in [2.24, 2.45) is 5.41 Å². The number of hydrogen-bond acceptors (Lipinski definition) is 2. The Morgan fingerprint density at radius 2 is 2.13 bits per heavy atom. The van der Waals surface area contributed by atoms with Crippen LogP contribution in [0.1, 0.15) is 59.3 Å². The number of aliphatic hydroxyl groups excluding tert-OH is 1. The van der Waals surface area contributed by atoms with Gasteiger partial charge < -0.3 is 10.4 Å². The molecule has 0 bridgehead atoms. The van der Waals surface area contributed by atoms with E-state index in [1.165, 1.54) is 25.7 Å². The van der Waals surface area contributed by atoms with Gasteiger partial charge in [0.05, 0.1) is 0 Å². The zero-order chi connectivity index (χ0) is 11.3. The van der Waals surface area contributed by atoms with Gasteiger partial charge in [0.25, 0.3) is 0 Å². The van der Waals surface area contributed by atoms with Gasteiger partial charge >= 0.3 is 0 Å². The Kier molecular flexibility index (Phi) is 5.07. The molecule has 0 radical (unpaired) electrons. The molecule has 0 saturated heterocycles. The summed E-state index contributed by atoms with van der Waals surface area (Å²) in [6.07, 6.45) is 7.42. The fourth-order valence-electron chi connectivity index (χ4n) is 2.63. The van der Waals surface area contributed by atoms with E-state index in [0.29, 0.717) is 24.1 Å². The van der Waals surface area contributed by atoms with Crippen molar-refractivity contribution in [3.8, 4) is 0 Å². The van der Waals surface area contributed by atoms with Crippen LogP contribution in [0, 0.1) is 5.41 Å². The molecular weight excluding hydrogens is 186 g/mol. The highest BCUT2D eigenvalue weighted by Gasteiger charge is 2.32. The van der Waals surface area contributed by atoms with Crippen LogP contribution in [-0.2, 0) is 0 Å². The average molecular weight is 213 g/mol. The van der Waals surface area contributed by atoms with Crippen molar-refractivity contribution >= 4 is 0 Å². The Morgan fingerprint density at radius 3 is 2.73 bits per heavy atom. The van der Waals surface area contributed by atoms with Gasteiger partial charge in [-0.1, -0.05) is 26.7 Å². The summed E-state index contributed by atoms with van der Waals surface area (Å²) < 4.78 is 0. The molecule has 0 amide bonds. The first-order chi connectivity index (χ1) is 7.06. The summed E-state index contributed by atoms with van der Waals surface area (Å²) in [5.41, 5.74) is 0.450. The maximum absolute atomic E-state index is 8.80. The molecule has 1 aliphatic carbocycles. The number of nitrogens with one attached hydrogen (secondary N) is 1. The topological polar surface area (TPSA) is 32.3 Å². The van der Waals surface area contributed by atoms with Crippen LogP contribution in [0.5, 0.6) is 0 Å².